The summed E-state index contributed by atoms with van der Waals surface area (Å²) >= 11 is 0. The Kier molecular flexibility index (Phi) is 107. The first kappa shape index (κ1) is 35.3. The Morgan fingerprint density at radius 1 is 1.25 bits per heavy atom. The molecule has 0 saturated carbocycles. The van der Waals surface area contributed by atoms with Crippen LogP contribution in [0.4, 0.5) is 0 Å². The van der Waals surface area contributed by atoms with Gasteiger partial charge in [0, 0.05) is 5.97 Å². The van der Waals surface area contributed by atoms with E-state index in [0.29, 0.717) is 0 Å². The van der Waals surface area contributed by atoms with E-state index in [0.717, 1.165) is 6.92 Å². The van der Waals surface area contributed by atoms with Crippen molar-refractivity contribution in [2.24, 2.45) is 0 Å². The van der Waals surface area contributed by atoms with Crippen molar-refractivity contribution in [1.82, 2.24) is 0 Å². The van der Waals surface area contributed by atoms with Gasteiger partial charge in [-0.25, -0.2) is 0 Å². The summed E-state index contributed by atoms with van der Waals surface area (Å²) < 4.78 is 0. The molecule has 0 unspecified atom stereocenters. The fourth-order valence-electron chi connectivity index (χ4n) is 0. The van der Waals surface area contributed by atoms with Crippen LogP contribution in [0, 0.1) is 0 Å². The molecule has 0 aliphatic carbocycles. The second kappa shape index (κ2) is 24.2. The summed E-state index contributed by atoms with van der Waals surface area (Å²) in [4.78, 5) is 8.89. The molecule has 0 aromatic rings. The van der Waals surface area contributed by atoms with Crippen molar-refractivity contribution in [3.05, 3.63) is 0 Å². The maximum absolute atomic E-state index is 8.89. The van der Waals surface area contributed by atoms with Gasteiger partial charge in [-0.3, -0.25) is 0 Å². The van der Waals surface area contributed by atoms with E-state index in [1.54, 1.807) is 0 Å². The fraction of sp³-hybridized carbons (Fsp3) is 0.500. The molecular weight excluding hydrogens is 189 g/mol. The second-order valence-electron chi connectivity index (χ2n) is 0.492. The van der Waals surface area contributed by atoms with E-state index >= 15 is 0 Å². The zero-order valence-corrected chi connectivity index (χ0v) is 9.73. The molecule has 6 heteroatoms. The van der Waals surface area contributed by atoms with Crippen LogP contribution in [0.5, 0.6) is 0 Å². The standard InChI is InChI=1S/C2H4O2.3H2O.Rb/c1-2(3)4;;;;/h1H3,(H,3,4);3*1H2;/q;;;;+1/p-1. The van der Waals surface area contributed by atoms with Gasteiger partial charge in [0.1, 0.15) is 0 Å². The van der Waals surface area contributed by atoms with Crippen LogP contribution in [0.15, 0.2) is 0 Å². The van der Waals surface area contributed by atoms with Gasteiger partial charge in [0.05, 0.1) is 0 Å². The molecule has 0 fully saturated rings. The summed E-state index contributed by atoms with van der Waals surface area (Å²) in [5.41, 5.74) is 0. The quantitative estimate of drug-likeness (QED) is 0.382. The monoisotopic (exact) mass is 198 g/mol. The Labute approximate surface area is 95.8 Å². The van der Waals surface area contributed by atoms with E-state index in [4.69, 9.17) is 9.90 Å². The van der Waals surface area contributed by atoms with Crippen molar-refractivity contribution in [3.63, 3.8) is 0 Å². The summed E-state index contributed by atoms with van der Waals surface area (Å²) in [7, 11) is 0. The van der Waals surface area contributed by atoms with Crippen LogP contribution in [0.25, 0.3) is 0 Å². The normalized spacial score (nSPS) is 3.12. The number of carbonyl (C=O) groups is 1. The number of aliphatic carboxylic acids is 1. The molecule has 0 rings (SSSR count). The van der Waals surface area contributed by atoms with Crippen molar-refractivity contribution in [1.29, 1.82) is 0 Å². The third-order valence-corrected chi connectivity index (χ3v) is 0. The van der Waals surface area contributed by atoms with Crippen molar-refractivity contribution in [2.75, 3.05) is 0 Å². The second-order valence-corrected chi connectivity index (χ2v) is 0.492. The van der Waals surface area contributed by atoms with Crippen LogP contribution in [0.3, 0.4) is 0 Å². The Morgan fingerprint density at radius 2 is 1.25 bits per heavy atom. The topological polar surface area (TPSA) is 135 Å². The summed E-state index contributed by atoms with van der Waals surface area (Å²) in [6.07, 6.45) is 0. The predicted molar refractivity (Wildman–Crippen MR) is 21.5 cm³/mol. The van der Waals surface area contributed by atoms with E-state index in [-0.39, 0.29) is 74.6 Å². The summed E-state index contributed by atoms with van der Waals surface area (Å²) in [5, 5.41) is 8.89. The van der Waals surface area contributed by atoms with Crippen LogP contribution in [-0.2, 0) is 4.79 Å². The number of hydrogen-bond donors (Lipinski definition) is 0. The molecule has 0 atom stereocenters. The molecule has 48 valence electrons. The number of carboxylic acid groups (broad SMARTS) is 1. The average molecular weight is 199 g/mol. The molecule has 0 spiro atoms. The molecule has 0 bridgehead atoms. The summed E-state index contributed by atoms with van der Waals surface area (Å²) in [6.45, 7) is 0.972. The molecule has 0 aliphatic rings. The van der Waals surface area contributed by atoms with Gasteiger partial charge >= 0.3 is 58.2 Å². The summed E-state index contributed by atoms with van der Waals surface area (Å²) in [6, 6.07) is 0. The van der Waals surface area contributed by atoms with Crippen molar-refractivity contribution >= 4 is 5.97 Å². The number of rotatable bonds is 0. The minimum Gasteiger partial charge on any atom is -0.550 e. The van der Waals surface area contributed by atoms with Gasteiger partial charge in [0.2, 0.25) is 0 Å². The first-order valence-corrected chi connectivity index (χ1v) is 0.908. The van der Waals surface area contributed by atoms with Crippen molar-refractivity contribution < 1.29 is 84.5 Å². The molecule has 6 N–H and O–H groups in total. The maximum Gasteiger partial charge on any atom is 1.00 e. The first-order chi connectivity index (χ1) is 1.73. The maximum atomic E-state index is 8.89. The number of carboxylic acids is 1. The van der Waals surface area contributed by atoms with Crippen LogP contribution in [0.2, 0.25) is 0 Å². The minimum absolute atomic E-state index is 0. The van der Waals surface area contributed by atoms with Crippen molar-refractivity contribution in [2.45, 2.75) is 6.92 Å². The SMILES string of the molecule is CC(=O)[O-].O.O.O.[Rb+]. The Balaban J connectivity index is -0.00000000750. The molecule has 0 heterocycles. The van der Waals surface area contributed by atoms with Gasteiger partial charge in [-0.15, -0.1) is 0 Å². The largest absolute Gasteiger partial charge is 1.00 e. The van der Waals surface area contributed by atoms with Gasteiger partial charge in [0.15, 0.2) is 0 Å². The third kappa shape index (κ3) is 203. The molecule has 0 amide bonds. The Morgan fingerprint density at radius 3 is 1.25 bits per heavy atom. The smallest absolute Gasteiger partial charge is 0.550 e. The molecule has 0 aliphatic heterocycles. The minimum atomic E-state index is -1.08. The van der Waals surface area contributed by atoms with E-state index in [1.807, 2.05) is 0 Å². The third-order valence-electron chi connectivity index (χ3n) is 0. The average Bonchev–Trinajstić information content (AvgIpc) is 0.811. The molecule has 5 nitrogen and oxygen atoms in total. The first-order valence-electron chi connectivity index (χ1n) is 0.908. The molecule has 0 saturated heterocycles. The number of carbonyl (C=O) groups excluding carboxylic acids is 1. The molecule has 0 aromatic heterocycles. The zero-order chi connectivity index (χ0) is 3.58. The van der Waals surface area contributed by atoms with E-state index in [9.17, 15) is 0 Å². The van der Waals surface area contributed by atoms with Gasteiger partial charge in [-0.1, -0.05) is 0 Å². The van der Waals surface area contributed by atoms with E-state index < -0.39 is 5.97 Å². The molecule has 8 heavy (non-hydrogen) atoms. The van der Waals surface area contributed by atoms with Gasteiger partial charge in [-0.05, 0) is 6.92 Å². The Hall–Kier alpha value is 1.16. The van der Waals surface area contributed by atoms with Crippen LogP contribution in [0.1, 0.15) is 6.92 Å². The van der Waals surface area contributed by atoms with Crippen LogP contribution >= 0.6 is 0 Å². The van der Waals surface area contributed by atoms with Crippen LogP contribution < -0.4 is 63.3 Å². The Bertz CT molecular complexity index is 33.4. The van der Waals surface area contributed by atoms with E-state index in [1.165, 1.54) is 0 Å². The fourth-order valence-corrected chi connectivity index (χ4v) is 0. The molecular formula is C2H9O5Rb. The molecule has 0 aromatic carbocycles. The van der Waals surface area contributed by atoms with Crippen molar-refractivity contribution in [3.8, 4) is 0 Å². The molecule has 0 radical (unpaired) electrons. The number of hydrogen-bond acceptors (Lipinski definition) is 2. The van der Waals surface area contributed by atoms with Gasteiger partial charge in [0.25, 0.3) is 0 Å². The zero-order valence-electron chi connectivity index (χ0n) is 4.82. The summed E-state index contributed by atoms with van der Waals surface area (Å²) in [5.74, 6) is -1.08. The van der Waals surface area contributed by atoms with Gasteiger partial charge < -0.3 is 26.3 Å². The van der Waals surface area contributed by atoms with Crippen LogP contribution in [-0.4, -0.2) is 22.4 Å². The predicted octanol–water partition coefficient (Wildman–Crippen LogP) is -6.71. The van der Waals surface area contributed by atoms with Gasteiger partial charge in [-0.2, -0.15) is 0 Å². The van der Waals surface area contributed by atoms with E-state index in [2.05, 4.69) is 0 Å².